The van der Waals surface area contributed by atoms with E-state index in [1.807, 2.05) is 6.92 Å². The molecule has 1 aromatic rings. The van der Waals surface area contributed by atoms with Crippen molar-refractivity contribution in [2.45, 2.75) is 50.7 Å². The van der Waals surface area contributed by atoms with Crippen LogP contribution in [0.15, 0.2) is 12.1 Å². The summed E-state index contributed by atoms with van der Waals surface area (Å²) in [4.78, 5) is 12.6. The van der Waals surface area contributed by atoms with Gasteiger partial charge in [-0.25, -0.2) is 0 Å². The maximum absolute atomic E-state index is 12.6. The van der Waals surface area contributed by atoms with E-state index in [4.69, 9.17) is 9.47 Å². The van der Waals surface area contributed by atoms with Crippen LogP contribution in [-0.4, -0.2) is 38.3 Å². The molecule has 0 spiro atoms. The quantitative estimate of drug-likeness (QED) is 0.884. The zero-order chi connectivity index (χ0) is 15.7. The average molecular weight is 341 g/mol. The van der Waals surface area contributed by atoms with Crippen LogP contribution >= 0.6 is 12.4 Å². The smallest absolute Gasteiger partial charge is 0.251 e. The summed E-state index contributed by atoms with van der Waals surface area (Å²) in [5.74, 6) is 1.30. The third kappa shape index (κ3) is 3.72. The Morgan fingerprint density at radius 2 is 1.65 bits per heavy atom. The van der Waals surface area contributed by atoms with Crippen molar-refractivity contribution in [1.82, 2.24) is 10.6 Å². The van der Waals surface area contributed by atoms with Crippen LogP contribution in [-0.2, 0) is 0 Å². The minimum absolute atomic E-state index is 0. The van der Waals surface area contributed by atoms with E-state index in [9.17, 15) is 4.79 Å². The summed E-state index contributed by atoms with van der Waals surface area (Å²) in [6.07, 6.45) is 4.48. The van der Waals surface area contributed by atoms with Gasteiger partial charge in [-0.15, -0.1) is 12.4 Å². The Kier molecular flexibility index (Phi) is 5.76. The molecule has 2 atom stereocenters. The van der Waals surface area contributed by atoms with Crippen molar-refractivity contribution in [2.24, 2.45) is 0 Å². The molecular weight excluding hydrogens is 316 g/mol. The normalized spacial score (nSPS) is 25.4. The van der Waals surface area contributed by atoms with Gasteiger partial charge in [0.25, 0.3) is 5.91 Å². The van der Waals surface area contributed by atoms with E-state index >= 15 is 0 Å². The molecule has 3 rings (SSSR count). The number of fused-ring (bicyclic) bond motifs is 2. The van der Waals surface area contributed by atoms with Crippen molar-refractivity contribution < 1.29 is 14.3 Å². The highest BCUT2D eigenvalue weighted by Gasteiger charge is 2.34. The maximum Gasteiger partial charge on any atom is 0.251 e. The molecule has 2 bridgehead atoms. The summed E-state index contributed by atoms with van der Waals surface area (Å²) in [5, 5.41) is 6.75. The van der Waals surface area contributed by atoms with Crippen LogP contribution in [0.5, 0.6) is 11.5 Å². The van der Waals surface area contributed by atoms with E-state index in [1.54, 1.807) is 26.4 Å². The zero-order valence-corrected chi connectivity index (χ0v) is 14.7. The van der Waals surface area contributed by atoms with Gasteiger partial charge in [0.1, 0.15) is 11.5 Å². The van der Waals surface area contributed by atoms with Crippen LogP contribution < -0.4 is 20.1 Å². The van der Waals surface area contributed by atoms with Crippen LogP contribution in [0.2, 0.25) is 0 Å². The van der Waals surface area contributed by atoms with E-state index in [2.05, 4.69) is 10.6 Å². The standard InChI is InChI=1S/C17H24N2O3.ClH/c1-10-15(21-2)6-11(7-16(10)22-3)17(20)19-14-8-12-4-5-13(9-14)18-12;/h6-7,12-14,18H,4-5,8-9H2,1-3H3,(H,19,20);1H. The molecule has 0 saturated carbocycles. The van der Waals surface area contributed by atoms with Crippen molar-refractivity contribution >= 4 is 18.3 Å². The number of rotatable bonds is 4. The van der Waals surface area contributed by atoms with Gasteiger partial charge in [0.2, 0.25) is 0 Å². The molecule has 2 fully saturated rings. The third-order valence-electron chi connectivity index (χ3n) is 4.82. The fraction of sp³-hybridized carbons (Fsp3) is 0.588. The topological polar surface area (TPSA) is 59.6 Å². The van der Waals surface area contributed by atoms with Crippen LogP contribution in [0.4, 0.5) is 0 Å². The third-order valence-corrected chi connectivity index (χ3v) is 4.82. The first kappa shape index (κ1) is 17.9. The molecule has 2 aliphatic heterocycles. The molecule has 0 aromatic heterocycles. The van der Waals surface area contributed by atoms with Crippen molar-refractivity contribution in [3.8, 4) is 11.5 Å². The second-order valence-corrected chi connectivity index (χ2v) is 6.29. The van der Waals surface area contributed by atoms with Gasteiger partial charge in [0.05, 0.1) is 14.2 Å². The predicted octanol–water partition coefficient (Wildman–Crippen LogP) is 2.45. The van der Waals surface area contributed by atoms with Crippen LogP contribution in [0, 0.1) is 6.92 Å². The second kappa shape index (κ2) is 7.41. The number of hydrogen-bond acceptors (Lipinski definition) is 4. The highest BCUT2D eigenvalue weighted by molar-refractivity contribution is 5.95. The molecule has 128 valence electrons. The largest absolute Gasteiger partial charge is 0.496 e. The molecule has 2 N–H and O–H groups in total. The number of carbonyl (C=O) groups excluding carboxylic acids is 1. The van der Waals surface area contributed by atoms with Crippen molar-refractivity contribution in [2.75, 3.05) is 14.2 Å². The van der Waals surface area contributed by atoms with E-state index in [0.29, 0.717) is 29.1 Å². The van der Waals surface area contributed by atoms with Crippen LogP contribution in [0.1, 0.15) is 41.6 Å². The summed E-state index contributed by atoms with van der Waals surface area (Å²) in [5.41, 5.74) is 1.49. The SMILES string of the molecule is COc1cc(C(=O)NC2CC3CCC(C2)N3)cc(OC)c1C.Cl. The minimum atomic E-state index is -0.0529. The highest BCUT2D eigenvalue weighted by atomic mass is 35.5. The van der Waals surface area contributed by atoms with E-state index in [-0.39, 0.29) is 24.4 Å². The summed E-state index contributed by atoms with van der Waals surface area (Å²) in [7, 11) is 3.21. The molecule has 23 heavy (non-hydrogen) atoms. The lowest BCUT2D eigenvalue weighted by atomic mass is 9.99. The van der Waals surface area contributed by atoms with Gasteiger partial charge in [0.15, 0.2) is 0 Å². The first-order valence-corrected chi connectivity index (χ1v) is 7.90. The summed E-state index contributed by atoms with van der Waals surface area (Å²) in [6, 6.07) is 4.94. The first-order chi connectivity index (χ1) is 10.6. The molecule has 5 nitrogen and oxygen atoms in total. The molecule has 1 amide bonds. The summed E-state index contributed by atoms with van der Waals surface area (Å²) >= 11 is 0. The zero-order valence-electron chi connectivity index (χ0n) is 13.8. The second-order valence-electron chi connectivity index (χ2n) is 6.29. The molecular formula is C17H25ClN2O3. The van der Waals surface area contributed by atoms with Crippen LogP contribution in [0.3, 0.4) is 0 Å². The number of benzene rings is 1. The number of hydrogen-bond donors (Lipinski definition) is 2. The van der Waals surface area contributed by atoms with Gasteiger partial charge in [-0.2, -0.15) is 0 Å². The number of ether oxygens (including phenoxy) is 2. The summed E-state index contributed by atoms with van der Waals surface area (Å²) < 4.78 is 10.7. The molecule has 6 heteroatoms. The Morgan fingerprint density at radius 3 is 2.13 bits per heavy atom. The Hall–Kier alpha value is -1.46. The number of halogens is 1. The van der Waals surface area contributed by atoms with Crippen LogP contribution in [0.25, 0.3) is 0 Å². The van der Waals surface area contributed by atoms with Crippen molar-refractivity contribution in [3.63, 3.8) is 0 Å². The highest BCUT2D eigenvalue weighted by Crippen LogP contribution is 2.30. The number of methoxy groups -OCH3 is 2. The molecule has 2 aliphatic rings. The van der Waals surface area contributed by atoms with E-state index < -0.39 is 0 Å². The first-order valence-electron chi connectivity index (χ1n) is 7.90. The van der Waals surface area contributed by atoms with Gasteiger partial charge in [-0.05, 0) is 44.7 Å². The van der Waals surface area contributed by atoms with Gasteiger partial charge >= 0.3 is 0 Å². The lowest BCUT2D eigenvalue weighted by Crippen LogP contribution is -2.48. The Balaban J connectivity index is 0.00000192. The fourth-order valence-electron chi connectivity index (χ4n) is 3.66. The Bertz CT molecular complexity index is 542. The number of amides is 1. The Morgan fingerprint density at radius 1 is 1.13 bits per heavy atom. The number of piperidine rings is 1. The lowest BCUT2D eigenvalue weighted by molar-refractivity contribution is 0.0923. The number of carbonyl (C=O) groups is 1. The van der Waals surface area contributed by atoms with E-state index in [0.717, 1.165) is 18.4 Å². The maximum atomic E-state index is 12.6. The minimum Gasteiger partial charge on any atom is -0.496 e. The van der Waals surface area contributed by atoms with Crippen molar-refractivity contribution in [1.29, 1.82) is 0 Å². The van der Waals surface area contributed by atoms with Gasteiger partial charge < -0.3 is 20.1 Å². The lowest BCUT2D eigenvalue weighted by Gasteiger charge is -2.29. The Labute approximate surface area is 143 Å². The monoisotopic (exact) mass is 340 g/mol. The average Bonchev–Trinajstić information content (AvgIpc) is 2.86. The predicted molar refractivity (Wildman–Crippen MR) is 92.0 cm³/mol. The molecule has 2 unspecified atom stereocenters. The fourth-order valence-corrected chi connectivity index (χ4v) is 3.66. The van der Waals surface area contributed by atoms with Gasteiger partial charge in [-0.3, -0.25) is 4.79 Å². The molecule has 2 heterocycles. The summed E-state index contributed by atoms with van der Waals surface area (Å²) in [6.45, 7) is 1.92. The molecule has 0 aliphatic carbocycles. The van der Waals surface area contributed by atoms with Gasteiger partial charge in [0, 0.05) is 29.3 Å². The van der Waals surface area contributed by atoms with E-state index in [1.165, 1.54) is 12.8 Å². The van der Waals surface area contributed by atoms with Crippen molar-refractivity contribution in [3.05, 3.63) is 23.3 Å². The molecule has 0 radical (unpaired) electrons. The number of nitrogens with one attached hydrogen (secondary N) is 2. The molecule has 2 saturated heterocycles. The van der Waals surface area contributed by atoms with Gasteiger partial charge in [-0.1, -0.05) is 0 Å². The molecule has 1 aromatic carbocycles.